The van der Waals surface area contributed by atoms with Gasteiger partial charge in [0, 0.05) is 12.8 Å². The number of hydrogen-bond donors (Lipinski definition) is 2. The lowest BCUT2D eigenvalue weighted by molar-refractivity contribution is -0.0456. The summed E-state index contributed by atoms with van der Waals surface area (Å²) in [6.45, 7) is 3.80. The topological polar surface area (TPSA) is 154 Å². The Hall–Kier alpha value is -3.00. The molecule has 12 heteroatoms. The molecule has 53 heavy (non-hydrogen) atoms. The molecule has 0 amide bonds. The van der Waals surface area contributed by atoms with Crippen molar-refractivity contribution in [3.63, 3.8) is 0 Å². The summed E-state index contributed by atoms with van der Waals surface area (Å²) in [6.07, 6.45) is 26.0. The molecule has 0 aliphatic rings. The number of unbranched alkanes of at least 4 members (excludes halogenated alkanes) is 17. The van der Waals surface area contributed by atoms with E-state index in [2.05, 4.69) is 23.1 Å². The van der Waals surface area contributed by atoms with Gasteiger partial charge in [-0.25, -0.2) is 14.1 Å². The number of aryl methyl sites for hydroxylation is 1. The second-order valence-electron chi connectivity index (χ2n) is 14.6. The first-order valence-corrected chi connectivity index (χ1v) is 21.6. The standard InChI is InChI=1S/C41H66N5O6P/c1-4-5-6-7-8-9-10-11-12-13-14-15-16-17-18-19-20-21-24-38(52-37-25-22-23-35(30-37)31-42)32-50-53(47,48)51-33-41(2,49-3)29-28-36-26-27-39-40(43)44-34-45-46(36)39/h22-23,25-27,30,34,38H,4-21,24,28-29,32-33H2,1-3H3,(H,47,48)(H2,43,44,45)/t38-,41+/m1/s1. The third kappa shape index (κ3) is 17.8. The Morgan fingerprint density at radius 1 is 0.906 bits per heavy atom. The van der Waals surface area contributed by atoms with E-state index >= 15 is 0 Å². The molecule has 0 spiro atoms. The van der Waals surface area contributed by atoms with Gasteiger partial charge in [0.1, 0.15) is 23.7 Å². The van der Waals surface area contributed by atoms with Gasteiger partial charge < -0.3 is 20.1 Å². The maximum Gasteiger partial charge on any atom is 0.472 e. The smallest absolute Gasteiger partial charge is 0.472 e. The summed E-state index contributed by atoms with van der Waals surface area (Å²) in [4.78, 5) is 14.7. The third-order valence-electron chi connectivity index (χ3n) is 10.1. The van der Waals surface area contributed by atoms with Crippen molar-refractivity contribution in [2.45, 2.75) is 160 Å². The fourth-order valence-electron chi connectivity index (χ4n) is 6.54. The van der Waals surface area contributed by atoms with Crippen molar-refractivity contribution < 1.29 is 28.0 Å². The van der Waals surface area contributed by atoms with Crippen molar-refractivity contribution >= 4 is 19.2 Å². The van der Waals surface area contributed by atoms with E-state index < -0.39 is 19.5 Å². The van der Waals surface area contributed by atoms with Crippen molar-refractivity contribution in [2.24, 2.45) is 0 Å². The van der Waals surface area contributed by atoms with E-state index in [1.807, 2.05) is 19.1 Å². The molecule has 3 aromatic rings. The number of nitrogen functional groups attached to an aromatic ring is 1. The molecule has 2 aromatic heterocycles. The van der Waals surface area contributed by atoms with Crippen LogP contribution in [-0.2, 0) is 24.8 Å². The van der Waals surface area contributed by atoms with Crippen LogP contribution in [0.2, 0.25) is 0 Å². The molecule has 1 unspecified atom stereocenters. The molecule has 3 rings (SSSR count). The lowest BCUT2D eigenvalue weighted by Gasteiger charge is -2.29. The van der Waals surface area contributed by atoms with Gasteiger partial charge in [0.15, 0.2) is 5.82 Å². The highest BCUT2D eigenvalue weighted by Gasteiger charge is 2.31. The highest BCUT2D eigenvalue weighted by Crippen LogP contribution is 2.45. The highest BCUT2D eigenvalue weighted by molar-refractivity contribution is 7.47. The zero-order chi connectivity index (χ0) is 38.2. The van der Waals surface area contributed by atoms with E-state index in [0.717, 1.165) is 25.0 Å². The highest BCUT2D eigenvalue weighted by atomic mass is 31.2. The van der Waals surface area contributed by atoms with Crippen LogP contribution < -0.4 is 10.5 Å². The van der Waals surface area contributed by atoms with Gasteiger partial charge in [-0.2, -0.15) is 10.4 Å². The summed E-state index contributed by atoms with van der Waals surface area (Å²) < 4.78 is 37.6. The van der Waals surface area contributed by atoms with Crippen LogP contribution in [0, 0.1) is 11.3 Å². The molecule has 0 saturated heterocycles. The van der Waals surface area contributed by atoms with Gasteiger partial charge in [-0.1, -0.05) is 122 Å². The van der Waals surface area contributed by atoms with Crippen molar-refractivity contribution in [3.8, 4) is 11.8 Å². The zero-order valence-corrected chi connectivity index (χ0v) is 33.6. The molecule has 2 heterocycles. The van der Waals surface area contributed by atoms with Gasteiger partial charge in [-0.15, -0.1) is 0 Å². The minimum Gasteiger partial charge on any atom is -0.488 e. The molecular weight excluding hydrogens is 689 g/mol. The second kappa shape index (κ2) is 25.1. The second-order valence-corrected chi connectivity index (χ2v) is 16.1. The molecule has 0 saturated carbocycles. The molecule has 0 aliphatic heterocycles. The van der Waals surface area contributed by atoms with E-state index in [0.29, 0.717) is 41.9 Å². The molecule has 0 fully saturated rings. The third-order valence-corrected chi connectivity index (χ3v) is 11.0. The van der Waals surface area contributed by atoms with Crippen molar-refractivity contribution in [1.29, 1.82) is 5.26 Å². The Labute approximate surface area is 318 Å². The number of nitrogens with two attached hydrogens (primary N) is 1. The normalized spacial score (nSPS) is 14.5. The SMILES string of the molecule is CCCCCCCCCCCCCCCCCCCC[C@H](COP(=O)(O)OC[C@](C)(CCc1ccc2c(N)ncnn12)OC)Oc1cccc(C#N)c1. The Kier molecular flexibility index (Phi) is 21.1. The zero-order valence-electron chi connectivity index (χ0n) is 32.7. The molecule has 1 aromatic carbocycles. The number of fused-ring (bicyclic) bond motifs is 1. The molecule has 3 N–H and O–H groups in total. The van der Waals surface area contributed by atoms with E-state index in [1.165, 1.54) is 103 Å². The molecule has 0 bridgehead atoms. The lowest BCUT2D eigenvalue weighted by Crippen LogP contribution is -2.34. The summed E-state index contributed by atoms with van der Waals surface area (Å²) in [6, 6.07) is 12.8. The summed E-state index contributed by atoms with van der Waals surface area (Å²) in [7, 11) is -2.90. The van der Waals surface area contributed by atoms with Crippen molar-refractivity contribution in [2.75, 3.05) is 26.1 Å². The van der Waals surface area contributed by atoms with E-state index in [-0.39, 0.29) is 13.2 Å². The number of ether oxygens (including phenoxy) is 2. The summed E-state index contributed by atoms with van der Waals surface area (Å²) in [5.41, 5.74) is 7.19. The number of phosphoric acid groups is 1. The van der Waals surface area contributed by atoms with Crippen LogP contribution in [0.3, 0.4) is 0 Å². The maximum atomic E-state index is 13.0. The van der Waals surface area contributed by atoms with Crippen LogP contribution >= 0.6 is 7.82 Å². The average molecular weight is 756 g/mol. The van der Waals surface area contributed by atoms with Crippen molar-refractivity contribution in [1.82, 2.24) is 14.6 Å². The molecule has 11 nitrogen and oxygen atoms in total. The summed E-state index contributed by atoms with van der Waals surface area (Å²) in [5.74, 6) is 0.911. The van der Waals surface area contributed by atoms with Crippen LogP contribution in [-0.4, -0.2) is 51.5 Å². The van der Waals surface area contributed by atoms with Crippen molar-refractivity contribution in [3.05, 3.63) is 54.0 Å². The van der Waals surface area contributed by atoms with Gasteiger partial charge in [0.2, 0.25) is 0 Å². The number of hydrogen-bond acceptors (Lipinski definition) is 9. The predicted molar refractivity (Wildman–Crippen MR) is 212 cm³/mol. The first-order valence-electron chi connectivity index (χ1n) is 20.1. The van der Waals surface area contributed by atoms with E-state index in [9.17, 15) is 14.7 Å². The average Bonchev–Trinajstić information content (AvgIpc) is 3.59. The predicted octanol–water partition coefficient (Wildman–Crippen LogP) is 10.5. The molecule has 296 valence electrons. The fraction of sp³-hybridized carbons (Fsp3) is 0.683. The van der Waals surface area contributed by atoms with Gasteiger partial charge in [0.25, 0.3) is 0 Å². The first-order chi connectivity index (χ1) is 25.7. The van der Waals surface area contributed by atoms with Crippen LogP contribution in [0.5, 0.6) is 5.75 Å². The fourth-order valence-corrected chi connectivity index (χ4v) is 7.40. The maximum absolute atomic E-state index is 13.0. The number of nitrogens with zero attached hydrogens (tertiary/aromatic N) is 4. The lowest BCUT2D eigenvalue weighted by atomic mass is 10.00. The van der Waals surface area contributed by atoms with Gasteiger partial charge in [-0.3, -0.25) is 9.05 Å². The van der Waals surface area contributed by atoms with E-state index in [1.54, 1.807) is 35.9 Å². The number of nitriles is 1. The quantitative estimate of drug-likeness (QED) is 0.0479. The molecule has 0 aliphatic carbocycles. The van der Waals surface area contributed by atoms with Crippen LogP contribution in [0.25, 0.3) is 5.52 Å². The van der Waals surface area contributed by atoms with E-state index in [4.69, 9.17) is 24.3 Å². The Morgan fingerprint density at radius 3 is 2.09 bits per heavy atom. The number of phosphoric ester groups is 1. The Bertz CT molecular complexity index is 1530. The van der Waals surface area contributed by atoms with Gasteiger partial charge >= 0.3 is 7.82 Å². The van der Waals surface area contributed by atoms with Crippen LogP contribution in [0.4, 0.5) is 5.82 Å². The monoisotopic (exact) mass is 755 g/mol. The number of benzene rings is 1. The minimum absolute atomic E-state index is 0.134. The summed E-state index contributed by atoms with van der Waals surface area (Å²) in [5, 5.41) is 13.6. The largest absolute Gasteiger partial charge is 0.488 e. The molecular formula is C41H66N5O6P. The molecule has 3 atom stereocenters. The molecule has 0 radical (unpaired) electrons. The Balaban J connectivity index is 1.35. The number of methoxy groups -OCH3 is 1. The minimum atomic E-state index is -4.44. The number of anilines is 1. The Morgan fingerprint density at radius 2 is 1.51 bits per heavy atom. The van der Waals surface area contributed by atoms with Gasteiger partial charge in [0.05, 0.1) is 30.4 Å². The van der Waals surface area contributed by atoms with Gasteiger partial charge in [-0.05, 0) is 62.9 Å². The summed E-state index contributed by atoms with van der Waals surface area (Å²) >= 11 is 0. The first kappa shape index (κ1) is 44.4. The van der Waals surface area contributed by atoms with Crippen LogP contribution in [0.15, 0.2) is 42.7 Å². The number of aromatic nitrogens is 3. The van der Waals surface area contributed by atoms with Crippen LogP contribution in [0.1, 0.15) is 154 Å². The number of rotatable bonds is 31.